The van der Waals surface area contributed by atoms with Crippen LogP contribution in [0, 0.1) is 0 Å². The number of methoxy groups -OCH3 is 2. The summed E-state index contributed by atoms with van der Waals surface area (Å²) in [6.45, 7) is 0.0535. The summed E-state index contributed by atoms with van der Waals surface area (Å²) in [4.78, 5) is 0.127. The topological polar surface area (TPSA) is 106 Å². The second kappa shape index (κ2) is 12.9. The Bertz CT molecular complexity index is 2340. The van der Waals surface area contributed by atoms with Crippen LogP contribution in [0.5, 0.6) is 11.5 Å². The van der Waals surface area contributed by atoms with Crippen LogP contribution in [0.3, 0.4) is 0 Å². The zero-order chi connectivity index (χ0) is 34.2. The highest BCUT2D eigenvalue weighted by molar-refractivity contribution is 7.90. The minimum Gasteiger partial charge on any atom is -0.497 e. The van der Waals surface area contributed by atoms with E-state index in [1.54, 1.807) is 84.9 Å². The quantitative estimate of drug-likeness (QED) is 0.139. The van der Waals surface area contributed by atoms with Crippen LogP contribution in [0.1, 0.15) is 23.1 Å². The molecule has 2 aromatic heterocycles. The third kappa shape index (κ3) is 5.86. The van der Waals surface area contributed by atoms with Crippen molar-refractivity contribution in [2.45, 2.75) is 22.5 Å². The first-order valence-electron chi connectivity index (χ1n) is 15.4. The predicted octanol–water partition coefficient (Wildman–Crippen LogP) is 7.39. The van der Waals surface area contributed by atoms with Gasteiger partial charge in [0.1, 0.15) is 17.6 Å². The highest BCUT2D eigenvalue weighted by Gasteiger charge is 2.34. The molecule has 0 fully saturated rings. The lowest BCUT2D eigenvalue weighted by molar-refractivity contribution is 0.0607. The molecule has 0 spiro atoms. The second-order valence-corrected chi connectivity index (χ2v) is 14.9. The van der Waals surface area contributed by atoms with E-state index in [1.165, 1.54) is 46.4 Å². The maximum Gasteiger partial charge on any atom is 0.268 e. The smallest absolute Gasteiger partial charge is 0.268 e. The summed E-state index contributed by atoms with van der Waals surface area (Å²) in [5.74, 6) is 1.06. The van der Waals surface area contributed by atoms with Gasteiger partial charge in [0, 0.05) is 10.8 Å². The van der Waals surface area contributed by atoms with Gasteiger partial charge in [-0.05, 0) is 78.4 Å². The Morgan fingerprint density at radius 3 is 1.35 bits per heavy atom. The number of benzene rings is 5. The van der Waals surface area contributed by atoms with Gasteiger partial charge in [-0.3, -0.25) is 0 Å². The fourth-order valence-corrected chi connectivity index (χ4v) is 9.13. The van der Waals surface area contributed by atoms with E-state index >= 15 is 0 Å². The summed E-state index contributed by atoms with van der Waals surface area (Å²) in [6, 6.07) is 39.2. The lowest BCUT2D eigenvalue weighted by Gasteiger charge is -2.23. The van der Waals surface area contributed by atoms with Gasteiger partial charge in [0.2, 0.25) is 0 Å². The maximum absolute atomic E-state index is 14.6. The first-order valence-corrected chi connectivity index (χ1v) is 18.3. The van der Waals surface area contributed by atoms with Crippen molar-refractivity contribution in [3.05, 3.63) is 156 Å². The van der Waals surface area contributed by atoms with E-state index in [4.69, 9.17) is 14.2 Å². The van der Waals surface area contributed by atoms with Crippen LogP contribution in [-0.2, 0) is 31.4 Å². The lowest BCUT2D eigenvalue weighted by Crippen LogP contribution is -2.23. The molecule has 7 aromatic rings. The molecular formula is C38H32N2O7S2. The van der Waals surface area contributed by atoms with Crippen molar-refractivity contribution in [1.29, 1.82) is 0 Å². The Labute approximate surface area is 284 Å². The van der Waals surface area contributed by atoms with Crippen molar-refractivity contribution in [2.24, 2.45) is 0 Å². The zero-order valence-corrected chi connectivity index (χ0v) is 28.3. The molecule has 5 aromatic carbocycles. The molecule has 11 heteroatoms. The van der Waals surface area contributed by atoms with E-state index in [-0.39, 0.29) is 27.8 Å². The number of hydrogen-bond acceptors (Lipinski definition) is 7. The summed E-state index contributed by atoms with van der Waals surface area (Å²) in [7, 11) is -5.40. The van der Waals surface area contributed by atoms with Gasteiger partial charge in [-0.15, -0.1) is 0 Å². The SMILES string of the molecule is COc1ccc2c(c1)cc(C(OCc1ccccc1)c1cc3cc(OC)ccc3n1S(=O)(=O)c1ccccc1)n2S(=O)(=O)c1ccccc1. The van der Waals surface area contributed by atoms with Gasteiger partial charge in [0.15, 0.2) is 0 Å². The van der Waals surface area contributed by atoms with Crippen LogP contribution >= 0.6 is 0 Å². The molecule has 0 saturated heterocycles. The molecule has 0 unspecified atom stereocenters. The first-order chi connectivity index (χ1) is 23.7. The van der Waals surface area contributed by atoms with E-state index in [0.29, 0.717) is 33.3 Å². The largest absolute Gasteiger partial charge is 0.497 e. The highest BCUT2D eigenvalue weighted by atomic mass is 32.2. The Hall–Kier alpha value is -5.36. The highest BCUT2D eigenvalue weighted by Crippen LogP contribution is 2.40. The third-order valence-corrected chi connectivity index (χ3v) is 11.9. The summed E-state index contributed by atoms with van der Waals surface area (Å²) in [5.41, 5.74) is 1.99. The van der Waals surface area contributed by atoms with E-state index < -0.39 is 26.2 Å². The molecular weight excluding hydrogens is 661 g/mol. The lowest BCUT2D eigenvalue weighted by atomic mass is 10.1. The van der Waals surface area contributed by atoms with Gasteiger partial charge >= 0.3 is 0 Å². The standard InChI is InChI=1S/C38H32N2O7S2/c1-45-30-18-20-34-28(22-30)24-36(39(34)48(41,42)32-14-8-4-9-15-32)38(47-26-27-12-6-3-7-13-27)37-25-29-23-31(46-2)19-21-35(29)40(37)49(43,44)33-16-10-5-11-17-33/h3-25,38H,26H2,1-2H3. The molecule has 2 heterocycles. The van der Waals surface area contributed by atoms with Crippen molar-refractivity contribution in [3.8, 4) is 11.5 Å². The van der Waals surface area contributed by atoms with Crippen LogP contribution in [0.2, 0.25) is 0 Å². The van der Waals surface area contributed by atoms with Crippen LogP contribution in [-0.4, -0.2) is 39.0 Å². The molecule has 0 aliphatic carbocycles. The molecule has 9 nitrogen and oxygen atoms in total. The molecule has 7 rings (SSSR count). The summed E-state index contributed by atoms with van der Waals surface area (Å²) >= 11 is 0. The van der Waals surface area contributed by atoms with Gasteiger partial charge in [-0.2, -0.15) is 0 Å². The van der Waals surface area contributed by atoms with E-state index in [2.05, 4.69) is 0 Å². The number of hydrogen-bond donors (Lipinski definition) is 0. The Morgan fingerprint density at radius 1 is 0.531 bits per heavy atom. The van der Waals surface area contributed by atoms with E-state index in [0.717, 1.165) is 5.56 Å². The number of nitrogens with zero attached hydrogens (tertiary/aromatic N) is 2. The normalized spacial score (nSPS) is 12.1. The molecule has 0 aliphatic rings. The predicted molar refractivity (Wildman–Crippen MR) is 188 cm³/mol. The Kier molecular flexibility index (Phi) is 8.49. The van der Waals surface area contributed by atoms with Crippen molar-refractivity contribution in [1.82, 2.24) is 7.94 Å². The Morgan fingerprint density at radius 2 is 0.939 bits per heavy atom. The Balaban J connectivity index is 1.56. The molecule has 248 valence electrons. The fraction of sp³-hybridized carbons (Fsp3) is 0.105. The van der Waals surface area contributed by atoms with E-state index in [1.807, 2.05) is 30.3 Å². The van der Waals surface area contributed by atoms with Crippen molar-refractivity contribution < 1.29 is 31.0 Å². The average Bonchev–Trinajstić information content (AvgIpc) is 3.72. The van der Waals surface area contributed by atoms with Gasteiger partial charge in [0.25, 0.3) is 20.0 Å². The van der Waals surface area contributed by atoms with E-state index in [9.17, 15) is 16.8 Å². The first kappa shape index (κ1) is 32.2. The van der Waals surface area contributed by atoms with Crippen molar-refractivity contribution in [3.63, 3.8) is 0 Å². The van der Waals surface area contributed by atoms with Gasteiger partial charge in [-0.1, -0.05) is 66.7 Å². The van der Waals surface area contributed by atoms with Gasteiger partial charge in [-0.25, -0.2) is 24.8 Å². The second-order valence-electron chi connectivity index (χ2n) is 11.3. The van der Waals surface area contributed by atoms with Crippen LogP contribution in [0.4, 0.5) is 0 Å². The molecule has 0 saturated carbocycles. The molecule has 0 aliphatic heterocycles. The number of ether oxygens (including phenoxy) is 3. The number of rotatable bonds is 11. The summed E-state index contributed by atoms with van der Waals surface area (Å²) < 4.78 is 78.5. The van der Waals surface area contributed by atoms with Crippen LogP contribution in [0.15, 0.2) is 149 Å². The third-order valence-electron chi connectivity index (χ3n) is 8.34. The van der Waals surface area contributed by atoms with Crippen molar-refractivity contribution >= 4 is 41.9 Å². The molecule has 0 bridgehead atoms. The minimum atomic E-state index is -4.23. The number of fused-ring (bicyclic) bond motifs is 2. The fourth-order valence-electron chi connectivity index (χ4n) is 6.01. The molecule has 0 N–H and O–H groups in total. The van der Waals surface area contributed by atoms with Gasteiger partial charge in [0.05, 0.1) is 53.0 Å². The molecule has 0 radical (unpaired) electrons. The monoisotopic (exact) mass is 692 g/mol. The zero-order valence-electron chi connectivity index (χ0n) is 26.6. The van der Waals surface area contributed by atoms with Crippen LogP contribution < -0.4 is 9.47 Å². The molecule has 49 heavy (non-hydrogen) atoms. The van der Waals surface area contributed by atoms with Crippen LogP contribution in [0.25, 0.3) is 21.8 Å². The average molecular weight is 693 g/mol. The molecule has 0 amide bonds. The van der Waals surface area contributed by atoms with Gasteiger partial charge < -0.3 is 14.2 Å². The summed E-state index contributed by atoms with van der Waals surface area (Å²) in [5, 5.41) is 1.13. The summed E-state index contributed by atoms with van der Waals surface area (Å²) in [6.07, 6.45) is -1.20. The maximum atomic E-state index is 14.6. The minimum absolute atomic E-state index is 0.0535. The van der Waals surface area contributed by atoms with Crippen molar-refractivity contribution in [2.75, 3.05) is 14.2 Å². The number of aromatic nitrogens is 2. The molecule has 0 atom stereocenters.